The topological polar surface area (TPSA) is 72.2 Å². The van der Waals surface area contributed by atoms with Crippen molar-refractivity contribution < 1.29 is 30.4 Å². The number of alkyl halides is 3. The zero-order valence-electron chi connectivity index (χ0n) is 10.1. The van der Waals surface area contributed by atoms with Gasteiger partial charge in [-0.05, 0) is 19.1 Å². The smallest absolute Gasteiger partial charge is 0.390 e. The Morgan fingerprint density at radius 3 is 2.35 bits per heavy atom. The van der Waals surface area contributed by atoms with Crippen LogP contribution in [0.25, 0.3) is 0 Å². The van der Waals surface area contributed by atoms with E-state index in [1.807, 2.05) is 0 Å². The van der Waals surface area contributed by atoms with Gasteiger partial charge in [-0.15, -0.1) is 0 Å². The largest absolute Gasteiger partial charge is 0.399 e. The van der Waals surface area contributed by atoms with E-state index in [9.17, 15) is 30.4 Å². The summed E-state index contributed by atoms with van der Waals surface area (Å²) in [7, 11) is -4.65. The quantitative estimate of drug-likeness (QED) is 0.660. The lowest BCUT2D eigenvalue weighted by Gasteiger charge is -2.16. The minimum Gasteiger partial charge on any atom is -0.399 e. The summed E-state index contributed by atoms with van der Waals surface area (Å²) in [6.45, 7) is 0.950. The van der Waals surface area contributed by atoms with Gasteiger partial charge in [0.1, 0.15) is 4.90 Å². The molecule has 0 aliphatic carbocycles. The van der Waals surface area contributed by atoms with Crippen LogP contribution in [-0.2, 0) is 10.0 Å². The van der Waals surface area contributed by atoms with Gasteiger partial charge >= 0.3 is 6.18 Å². The van der Waals surface area contributed by atoms with Crippen molar-refractivity contribution in [3.8, 4) is 0 Å². The molecule has 0 spiro atoms. The number of hydrogen-bond donors (Lipinski definition) is 2. The van der Waals surface area contributed by atoms with E-state index in [0.717, 1.165) is 6.92 Å². The Morgan fingerprint density at radius 1 is 1.30 bits per heavy atom. The van der Waals surface area contributed by atoms with Gasteiger partial charge in [0, 0.05) is 11.7 Å². The van der Waals surface area contributed by atoms with E-state index in [4.69, 9.17) is 5.73 Å². The maximum atomic E-state index is 13.4. The first-order valence-electron chi connectivity index (χ1n) is 5.26. The minimum atomic E-state index is -4.65. The number of sulfonamides is 1. The van der Waals surface area contributed by atoms with Crippen LogP contribution >= 0.6 is 0 Å². The van der Waals surface area contributed by atoms with Crippen molar-refractivity contribution in [2.45, 2.75) is 30.5 Å². The van der Waals surface area contributed by atoms with Gasteiger partial charge in [-0.3, -0.25) is 0 Å². The summed E-state index contributed by atoms with van der Waals surface area (Å²) in [6.07, 6.45) is -6.04. The second kappa shape index (κ2) is 5.52. The summed E-state index contributed by atoms with van der Waals surface area (Å²) in [5, 5.41) is 0. The molecule has 1 atom stereocenters. The molecule has 0 aliphatic heterocycles. The number of nitrogens with two attached hydrogens (primary N) is 1. The number of halogens is 5. The summed E-state index contributed by atoms with van der Waals surface area (Å²) in [5.41, 5.74) is 4.81. The summed E-state index contributed by atoms with van der Waals surface area (Å²) >= 11 is 0. The van der Waals surface area contributed by atoms with Crippen molar-refractivity contribution >= 4 is 15.7 Å². The molecule has 1 rings (SSSR count). The zero-order valence-corrected chi connectivity index (χ0v) is 10.9. The van der Waals surface area contributed by atoms with Crippen LogP contribution in [0.4, 0.5) is 27.6 Å². The van der Waals surface area contributed by atoms with Crippen molar-refractivity contribution in [3.05, 3.63) is 23.8 Å². The molecule has 0 aromatic heterocycles. The molecule has 0 fully saturated rings. The van der Waals surface area contributed by atoms with Crippen molar-refractivity contribution in [3.63, 3.8) is 0 Å². The molecular weight excluding hydrogens is 307 g/mol. The van der Waals surface area contributed by atoms with Gasteiger partial charge in [0.05, 0.1) is 6.42 Å². The molecular formula is C10H11F5N2O2S. The Kier molecular flexibility index (Phi) is 4.59. The molecule has 114 valence electrons. The second-order valence-electron chi connectivity index (χ2n) is 4.16. The molecule has 0 amide bonds. The molecule has 0 aliphatic rings. The number of benzene rings is 1. The van der Waals surface area contributed by atoms with Crippen molar-refractivity contribution in [2.75, 3.05) is 5.73 Å². The number of rotatable bonds is 4. The third kappa shape index (κ3) is 4.30. The zero-order chi connectivity index (χ0) is 15.7. The minimum absolute atomic E-state index is 0.368. The molecule has 4 nitrogen and oxygen atoms in total. The third-order valence-corrected chi connectivity index (χ3v) is 3.79. The molecule has 0 saturated carbocycles. The lowest BCUT2D eigenvalue weighted by atomic mass is 10.2. The van der Waals surface area contributed by atoms with Gasteiger partial charge in [0.15, 0.2) is 11.6 Å². The molecule has 0 heterocycles. The summed E-state index contributed by atoms with van der Waals surface area (Å²) in [5.74, 6) is -3.21. The van der Waals surface area contributed by atoms with Gasteiger partial charge in [-0.2, -0.15) is 13.2 Å². The Bertz CT molecular complexity index is 600. The second-order valence-corrected chi connectivity index (χ2v) is 5.84. The first-order chi connectivity index (χ1) is 8.92. The predicted molar refractivity (Wildman–Crippen MR) is 61.2 cm³/mol. The van der Waals surface area contributed by atoms with Gasteiger partial charge in [-0.25, -0.2) is 21.9 Å². The van der Waals surface area contributed by atoms with Gasteiger partial charge in [0.2, 0.25) is 10.0 Å². The lowest BCUT2D eigenvalue weighted by Crippen LogP contribution is -2.36. The van der Waals surface area contributed by atoms with Crippen LogP contribution in [0.5, 0.6) is 0 Å². The molecule has 1 aromatic carbocycles. The molecule has 0 bridgehead atoms. The summed E-state index contributed by atoms with van der Waals surface area (Å²) in [4.78, 5) is -1.14. The van der Waals surface area contributed by atoms with E-state index in [1.165, 1.54) is 0 Å². The van der Waals surface area contributed by atoms with Crippen LogP contribution in [0.2, 0.25) is 0 Å². The average molecular weight is 318 g/mol. The first-order valence-corrected chi connectivity index (χ1v) is 6.74. The standard InChI is InChI=1S/C10H11F5N2O2S/c1-5(4-10(13,14)15)17-20(18,19)8-3-6(16)2-7(11)9(8)12/h2-3,5,17H,4,16H2,1H3. The van der Waals surface area contributed by atoms with Crippen LogP contribution in [-0.4, -0.2) is 20.6 Å². The fourth-order valence-corrected chi connectivity index (χ4v) is 2.86. The van der Waals surface area contributed by atoms with Gasteiger partial charge in [0.25, 0.3) is 0 Å². The van der Waals surface area contributed by atoms with E-state index in [2.05, 4.69) is 0 Å². The SMILES string of the molecule is CC(CC(F)(F)F)NS(=O)(=O)c1cc(N)cc(F)c1F. The van der Waals surface area contributed by atoms with Gasteiger partial charge in [-0.1, -0.05) is 0 Å². The van der Waals surface area contributed by atoms with Crippen LogP contribution in [0.15, 0.2) is 17.0 Å². The van der Waals surface area contributed by atoms with E-state index >= 15 is 0 Å². The third-order valence-electron chi connectivity index (χ3n) is 2.20. The van der Waals surface area contributed by atoms with E-state index in [1.54, 1.807) is 4.72 Å². The average Bonchev–Trinajstić information content (AvgIpc) is 2.19. The fourth-order valence-electron chi connectivity index (χ4n) is 1.50. The number of hydrogen-bond acceptors (Lipinski definition) is 3. The molecule has 10 heteroatoms. The van der Waals surface area contributed by atoms with Crippen molar-refractivity contribution in [2.24, 2.45) is 0 Å². The number of anilines is 1. The summed E-state index contributed by atoms with van der Waals surface area (Å²) in [6, 6.07) is -0.349. The fraction of sp³-hybridized carbons (Fsp3) is 0.400. The van der Waals surface area contributed by atoms with E-state index < -0.39 is 45.2 Å². The monoisotopic (exact) mass is 318 g/mol. The van der Waals surface area contributed by atoms with Crippen molar-refractivity contribution in [1.29, 1.82) is 0 Å². The molecule has 1 aromatic rings. The van der Waals surface area contributed by atoms with Gasteiger partial charge < -0.3 is 5.73 Å². The maximum Gasteiger partial charge on any atom is 0.390 e. The number of nitrogen functional groups attached to an aromatic ring is 1. The Balaban J connectivity index is 3.06. The van der Waals surface area contributed by atoms with Crippen molar-refractivity contribution in [1.82, 2.24) is 4.72 Å². The van der Waals surface area contributed by atoms with Crippen LogP contribution < -0.4 is 10.5 Å². The van der Waals surface area contributed by atoms with Crippen LogP contribution in [0.3, 0.4) is 0 Å². The molecule has 3 N–H and O–H groups in total. The summed E-state index contributed by atoms with van der Waals surface area (Å²) < 4.78 is 87.8. The Labute approximate surface area is 111 Å². The molecule has 0 saturated heterocycles. The van der Waals surface area contributed by atoms with E-state index in [0.29, 0.717) is 12.1 Å². The van der Waals surface area contributed by atoms with E-state index in [-0.39, 0.29) is 5.69 Å². The highest BCUT2D eigenvalue weighted by Gasteiger charge is 2.33. The Hall–Kier alpha value is -1.42. The number of nitrogens with one attached hydrogen (secondary N) is 1. The first kappa shape index (κ1) is 16.6. The highest BCUT2D eigenvalue weighted by atomic mass is 32.2. The Morgan fingerprint density at radius 2 is 1.85 bits per heavy atom. The van der Waals surface area contributed by atoms with Crippen LogP contribution in [0.1, 0.15) is 13.3 Å². The highest BCUT2D eigenvalue weighted by molar-refractivity contribution is 7.89. The predicted octanol–water partition coefficient (Wildman–Crippen LogP) is 2.17. The lowest BCUT2D eigenvalue weighted by molar-refractivity contribution is -0.137. The highest BCUT2D eigenvalue weighted by Crippen LogP contribution is 2.24. The molecule has 20 heavy (non-hydrogen) atoms. The molecule has 0 radical (unpaired) electrons. The maximum absolute atomic E-state index is 13.4. The molecule has 1 unspecified atom stereocenters. The normalized spacial score (nSPS) is 14.3. The van der Waals surface area contributed by atoms with Crippen LogP contribution in [0, 0.1) is 11.6 Å².